The van der Waals surface area contributed by atoms with Gasteiger partial charge in [0.05, 0.1) is 5.75 Å². The largest absolute Gasteiger partial charge is 0.352 e. The molecule has 1 N–H and O–H groups in total. The van der Waals surface area contributed by atoms with Gasteiger partial charge in [-0.2, -0.15) is 0 Å². The van der Waals surface area contributed by atoms with E-state index < -0.39 is 6.04 Å². The molecule has 0 unspecified atom stereocenters. The number of hydrogen-bond acceptors (Lipinski definition) is 3. The second-order valence-electron chi connectivity index (χ2n) is 8.24. The average molecular weight is 441 g/mol. The summed E-state index contributed by atoms with van der Waals surface area (Å²) in [5.41, 5.74) is 4.73. The third-order valence-corrected chi connectivity index (χ3v) is 6.35. The van der Waals surface area contributed by atoms with Gasteiger partial charge in [-0.25, -0.2) is 0 Å². The summed E-state index contributed by atoms with van der Waals surface area (Å²) in [5, 5.41) is 3.06. The van der Waals surface area contributed by atoms with E-state index in [1.165, 1.54) is 16.7 Å². The zero-order valence-corrected chi connectivity index (χ0v) is 20.3. The normalized spacial score (nSPS) is 12.8. The van der Waals surface area contributed by atoms with E-state index >= 15 is 0 Å². The molecule has 0 bridgehead atoms. The van der Waals surface area contributed by atoms with Crippen LogP contribution in [-0.4, -0.2) is 34.6 Å². The molecule has 2 amide bonds. The lowest BCUT2D eigenvalue weighted by atomic mass is 10.1. The zero-order valence-electron chi connectivity index (χ0n) is 19.5. The maximum absolute atomic E-state index is 13.3. The second kappa shape index (κ2) is 12.6. The van der Waals surface area contributed by atoms with E-state index in [1.54, 1.807) is 16.7 Å². The first kappa shape index (κ1) is 25.0. The van der Waals surface area contributed by atoms with Crippen molar-refractivity contribution in [2.24, 2.45) is 0 Å². The fourth-order valence-corrected chi connectivity index (χ4v) is 4.48. The lowest BCUT2D eigenvalue weighted by Crippen LogP contribution is -2.51. The van der Waals surface area contributed by atoms with Crippen LogP contribution in [0.5, 0.6) is 0 Å². The van der Waals surface area contributed by atoms with Crippen molar-refractivity contribution in [2.75, 3.05) is 5.75 Å². The molecule has 0 aliphatic heterocycles. The van der Waals surface area contributed by atoms with E-state index in [0.29, 0.717) is 18.7 Å². The Morgan fingerprint density at radius 3 is 2.19 bits per heavy atom. The fraction of sp³-hybridized carbons (Fsp3) is 0.462. The monoisotopic (exact) mass is 440 g/mol. The van der Waals surface area contributed by atoms with Gasteiger partial charge in [0.25, 0.3) is 0 Å². The van der Waals surface area contributed by atoms with Gasteiger partial charge in [0.15, 0.2) is 0 Å². The predicted octanol–water partition coefficient (Wildman–Crippen LogP) is 5.26. The van der Waals surface area contributed by atoms with Crippen LogP contribution in [0.4, 0.5) is 0 Å². The number of carbonyl (C=O) groups is 2. The van der Waals surface area contributed by atoms with Gasteiger partial charge in [0, 0.05) is 18.3 Å². The van der Waals surface area contributed by atoms with Crippen molar-refractivity contribution < 1.29 is 9.59 Å². The first-order valence-corrected chi connectivity index (χ1v) is 12.3. The number of thioether (sulfide) groups is 1. The van der Waals surface area contributed by atoms with Crippen molar-refractivity contribution >= 4 is 23.6 Å². The van der Waals surface area contributed by atoms with E-state index in [2.05, 4.69) is 37.4 Å². The minimum absolute atomic E-state index is 0.00406. The number of carbonyl (C=O) groups excluding carboxylic acids is 2. The molecule has 2 atom stereocenters. The van der Waals surface area contributed by atoms with Crippen molar-refractivity contribution in [2.45, 2.75) is 71.8 Å². The van der Waals surface area contributed by atoms with Gasteiger partial charge < -0.3 is 10.2 Å². The number of hydrogen-bond donors (Lipinski definition) is 1. The van der Waals surface area contributed by atoms with Crippen molar-refractivity contribution in [3.05, 3.63) is 70.8 Å². The summed E-state index contributed by atoms with van der Waals surface area (Å²) in [7, 11) is 0. The number of rotatable bonds is 11. The molecule has 0 fully saturated rings. The van der Waals surface area contributed by atoms with Gasteiger partial charge in [-0.3, -0.25) is 9.59 Å². The quantitative estimate of drug-likeness (QED) is 0.519. The summed E-state index contributed by atoms with van der Waals surface area (Å²) in [6, 6.07) is 16.0. The minimum Gasteiger partial charge on any atom is -0.352 e. The molecule has 4 nitrogen and oxygen atoms in total. The number of amides is 2. The van der Waals surface area contributed by atoms with E-state index in [1.807, 2.05) is 51.1 Å². The van der Waals surface area contributed by atoms with Gasteiger partial charge in [-0.05, 0) is 44.7 Å². The number of benzene rings is 2. The SMILES string of the molecule is CC[C@@H](C)NC(=O)[C@H](CC)N(Cc1ccccc1)C(=O)CSCc1cc(C)cc(C)c1. The van der Waals surface area contributed by atoms with Crippen LogP contribution in [0.25, 0.3) is 0 Å². The standard InChI is InChI=1S/C26H36N2O2S/c1-6-21(5)27-26(30)24(7-2)28(16-22-11-9-8-10-12-22)25(29)18-31-17-23-14-19(3)13-20(4)15-23/h8-15,21,24H,6-7,16-18H2,1-5H3,(H,27,30)/t21-,24+/m1/s1. The van der Waals surface area contributed by atoms with Crippen molar-refractivity contribution in [1.82, 2.24) is 10.2 Å². The van der Waals surface area contributed by atoms with Crippen molar-refractivity contribution in [3.63, 3.8) is 0 Å². The van der Waals surface area contributed by atoms with Gasteiger partial charge in [-0.1, -0.05) is 73.5 Å². The summed E-state index contributed by atoms with van der Waals surface area (Å²) in [6.45, 7) is 10.6. The van der Waals surface area contributed by atoms with Crippen LogP contribution < -0.4 is 5.32 Å². The first-order valence-electron chi connectivity index (χ1n) is 11.1. The van der Waals surface area contributed by atoms with Crippen LogP contribution in [0.3, 0.4) is 0 Å². The van der Waals surface area contributed by atoms with E-state index in [4.69, 9.17) is 0 Å². The lowest BCUT2D eigenvalue weighted by Gasteiger charge is -2.31. The topological polar surface area (TPSA) is 49.4 Å². The van der Waals surface area contributed by atoms with Crippen LogP contribution in [0.1, 0.15) is 55.9 Å². The van der Waals surface area contributed by atoms with Crippen LogP contribution in [0, 0.1) is 13.8 Å². The highest BCUT2D eigenvalue weighted by atomic mass is 32.2. The second-order valence-corrected chi connectivity index (χ2v) is 9.22. The van der Waals surface area contributed by atoms with Gasteiger partial charge in [0.2, 0.25) is 11.8 Å². The van der Waals surface area contributed by atoms with Crippen molar-refractivity contribution in [1.29, 1.82) is 0 Å². The van der Waals surface area contributed by atoms with E-state index in [-0.39, 0.29) is 17.9 Å². The Labute approximate surface area is 191 Å². The fourth-order valence-electron chi connectivity index (χ4n) is 3.63. The number of nitrogens with one attached hydrogen (secondary N) is 1. The summed E-state index contributed by atoms with van der Waals surface area (Å²) in [5.74, 6) is 1.07. The van der Waals surface area contributed by atoms with Crippen LogP contribution in [-0.2, 0) is 21.9 Å². The summed E-state index contributed by atoms with van der Waals surface area (Å²) >= 11 is 1.61. The Balaban J connectivity index is 2.11. The highest BCUT2D eigenvalue weighted by Crippen LogP contribution is 2.19. The Morgan fingerprint density at radius 2 is 1.61 bits per heavy atom. The minimum atomic E-state index is -0.469. The molecule has 168 valence electrons. The molecule has 0 saturated heterocycles. The predicted molar refractivity (Wildman–Crippen MR) is 131 cm³/mol. The summed E-state index contributed by atoms with van der Waals surface area (Å²) < 4.78 is 0. The maximum atomic E-state index is 13.3. The van der Waals surface area contributed by atoms with Gasteiger partial charge in [-0.15, -0.1) is 11.8 Å². The number of nitrogens with zero attached hydrogens (tertiary/aromatic N) is 1. The van der Waals surface area contributed by atoms with Gasteiger partial charge in [0.1, 0.15) is 6.04 Å². The third-order valence-electron chi connectivity index (χ3n) is 5.36. The number of aryl methyl sites for hydroxylation is 2. The molecule has 0 saturated carbocycles. The third kappa shape index (κ3) is 8.06. The molecule has 0 aliphatic carbocycles. The molecule has 0 aromatic heterocycles. The smallest absolute Gasteiger partial charge is 0.243 e. The maximum Gasteiger partial charge on any atom is 0.243 e. The molecule has 0 aliphatic rings. The van der Waals surface area contributed by atoms with Crippen molar-refractivity contribution in [3.8, 4) is 0 Å². The van der Waals surface area contributed by atoms with E-state index in [0.717, 1.165) is 17.7 Å². The first-order chi connectivity index (χ1) is 14.8. The molecule has 0 heterocycles. The van der Waals surface area contributed by atoms with Crippen LogP contribution in [0.15, 0.2) is 48.5 Å². The van der Waals surface area contributed by atoms with Crippen LogP contribution >= 0.6 is 11.8 Å². The molecular weight excluding hydrogens is 404 g/mol. The zero-order chi connectivity index (χ0) is 22.8. The Hall–Kier alpha value is -2.27. The molecule has 31 heavy (non-hydrogen) atoms. The van der Waals surface area contributed by atoms with Crippen LogP contribution in [0.2, 0.25) is 0 Å². The Kier molecular flexibility index (Phi) is 10.1. The Bertz CT molecular complexity index is 833. The molecule has 5 heteroatoms. The van der Waals surface area contributed by atoms with E-state index in [9.17, 15) is 9.59 Å². The molecule has 0 radical (unpaired) electrons. The Morgan fingerprint density at radius 1 is 0.968 bits per heavy atom. The van der Waals surface area contributed by atoms with Gasteiger partial charge >= 0.3 is 0 Å². The molecule has 2 aromatic carbocycles. The summed E-state index contributed by atoms with van der Waals surface area (Å²) in [6.07, 6.45) is 1.45. The molecule has 0 spiro atoms. The molecule has 2 rings (SSSR count). The molecular formula is C26H36N2O2S. The highest BCUT2D eigenvalue weighted by Gasteiger charge is 2.29. The highest BCUT2D eigenvalue weighted by molar-refractivity contribution is 7.99. The average Bonchev–Trinajstić information content (AvgIpc) is 2.73. The lowest BCUT2D eigenvalue weighted by molar-refractivity contribution is -0.139. The summed E-state index contributed by atoms with van der Waals surface area (Å²) in [4.78, 5) is 27.9. The molecule has 2 aromatic rings.